The molecule has 26 heavy (non-hydrogen) atoms. The first-order chi connectivity index (χ1) is 11.9. The summed E-state index contributed by atoms with van der Waals surface area (Å²) in [7, 11) is 1.82. The van der Waals surface area contributed by atoms with Crippen LogP contribution in [0.3, 0.4) is 0 Å². The first-order valence-electron chi connectivity index (χ1n) is 9.71. The van der Waals surface area contributed by atoms with Gasteiger partial charge in [-0.2, -0.15) is 4.98 Å². The molecule has 1 fully saturated rings. The molecule has 2 rings (SSSR count). The average molecular weight is 477 g/mol. The molecule has 1 saturated carbocycles. The summed E-state index contributed by atoms with van der Waals surface area (Å²) in [5.74, 6) is 3.35. The van der Waals surface area contributed by atoms with Gasteiger partial charge in [0, 0.05) is 32.5 Å². The first-order valence-corrected chi connectivity index (χ1v) is 9.71. The fraction of sp³-hybridized carbons (Fsp3) is 0.842. The van der Waals surface area contributed by atoms with E-state index >= 15 is 0 Å². The summed E-state index contributed by atoms with van der Waals surface area (Å²) < 4.78 is 5.28. The number of hydrogen-bond donors (Lipinski definition) is 2. The number of hydrogen-bond acceptors (Lipinski definition) is 4. The Hall–Kier alpha value is -0.860. The lowest BCUT2D eigenvalue weighted by Crippen LogP contribution is -2.44. The van der Waals surface area contributed by atoms with Crippen LogP contribution >= 0.6 is 24.0 Å². The van der Waals surface area contributed by atoms with Crippen molar-refractivity contribution in [2.24, 2.45) is 16.3 Å². The van der Waals surface area contributed by atoms with Crippen molar-refractivity contribution in [1.29, 1.82) is 0 Å². The van der Waals surface area contributed by atoms with Gasteiger partial charge in [-0.1, -0.05) is 45.7 Å². The quantitative estimate of drug-likeness (QED) is 0.335. The number of nitrogens with one attached hydrogen (secondary N) is 2. The summed E-state index contributed by atoms with van der Waals surface area (Å²) in [4.78, 5) is 8.76. The fourth-order valence-electron chi connectivity index (χ4n) is 3.83. The van der Waals surface area contributed by atoms with E-state index in [2.05, 4.69) is 53.5 Å². The van der Waals surface area contributed by atoms with Crippen molar-refractivity contribution >= 4 is 29.9 Å². The lowest BCUT2D eigenvalue weighted by Gasteiger charge is -2.31. The highest BCUT2D eigenvalue weighted by molar-refractivity contribution is 14.0. The van der Waals surface area contributed by atoms with E-state index in [0.29, 0.717) is 23.6 Å². The molecule has 0 bridgehead atoms. The highest BCUT2D eigenvalue weighted by atomic mass is 127. The Morgan fingerprint density at radius 3 is 2.42 bits per heavy atom. The molecule has 0 atom stereocenters. The molecule has 1 aromatic rings. The van der Waals surface area contributed by atoms with Gasteiger partial charge in [0.2, 0.25) is 5.89 Å². The summed E-state index contributed by atoms with van der Waals surface area (Å²) in [6.07, 6.45) is 7.37. The number of nitrogens with zero attached hydrogens (tertiary/aromatic N) is 3. The van der Waals surface area contributed by atoms with Gasteiger partial charge >= 0.3 is 0 Å². The second-order valence-electron chi connectivity index (χ2n) is 8.11. The van der Waals surface area contributed by atoms with Crippen LogP contribution in [0.4, 0.5) is 0 Å². The Balaban J connectivity index is 0.00000338. The predicted octanol–water partition coefficient (Wildman–Crippen LogP) is 4.13. The Bertz CT molecular complexity index is 550. The van der Waals surface area contributed by atoms with Gasteiger partial charge in [-0.3, -0.25) is 4.99 Å². The summed E-state index contributed by atoms with van der Waals surface area (Å²) in [5.41, 5.74) is 0.435. The van der Waals surface area contributed by atoms with Gasteiger partial charge in [0.25, 0.3) is 0 Å². The van der Waals surface area contributed by atoms with Crippen LogP contribution in [0.25, 0.3) is 0 Å². The minimum Gasteiger partial charge on any atom is -0.356 e. The molecule has 7 heteroatoms. The standard InChI is InChI=1S/C19H35N5O.HI/c1-14(2)12-19(9-6-7-10-19)13-22-18(20-5)21-11-8-16-23-17(15(3)4)24-25-16;/h14-15H,6-13H2,1-5H3,(H2,20,21,22);1H. The maximum absolute atomic E-state index is 5.28. The SMILES string of the molecule is CN=C(NCCc1nc(C(C)C)no1)NCC1(CC(C)C)CCCC1.I. The van der Waals surface area contributed by atoms with Gasteiger partial charge < -0.3 is 15.2 Å². The topological polar surface area (TPSA) is 75.3 Å². The average Bonchev–Trinajstić information content (AvgIpc) is 3.20. The first kappa shape index (κ1) is 23.2. The second-order valence-corrected chi connectivity index (χ2v) is 8.11. The zero-order valence-corrected chi connectivity index (χ0v) is 19.3. The van der Waals surface area contributed by atoms with Crippen LogP contribution in [-0.4, -0.2) is 36.2 Å². The highest BCUT2D eigenvalue weighted by Crippen LogP contribution is 2.42. The van der Waals surface area contributed by atoms with E-state index in [-0.39, 0.29) is 24.0 Å². The van der Waals surface area contributed by atoms with Crippen molar-refractivity contribution in [3.8, 4) is 0 Å². The van der Waals surface area contributed by atoms with Crippen molar-refractivity contribution in [2.45, 2.75) is 72.1 Å². The van der Waals surface area contributed by atoms with E-state index < -0.39 is 0 Å². The highest BCUT2D eigenvalue weighted by Gasteiger charge is 2.34. The predicted molar refractivity (Wildman–Crippen MR) is 117 cm³/mol. The monoisotopic (exact) mass is 477 g/mol. The van der Waals surface area contributed by atoms with Crippen LogP contribution in [0, 0.1) is 11.3 Å². The largest absolute Gasteiger partial charge is 0.356 e. The zero-order valence-electron chi connectivity index (χ0n) is 17.0. The zero-order chi connectivity index (χ0) is 18.3. The molecule has 2 N–H and O–H groups in total. The van der Waals surface area contributed by atoms with E-state index in [9.17, 15) is 0 Å². The second kappa shape index (κ2) is 11.1. The van der Waals surface area contributed by atoms with E-state index in [1.807, 2.05) is 7.05 Å². The molecular formula is C19H36IN5O. The van der Waals surface area contributed by atoms with E-state index in [0.717, 1.165) is 30.8 Å². The summed E-state index contributed by atoms with van der Waals surface area (Å²) >= 11 is 0. The Kier molecular flexibility index (Phi) is 9.89. The maximum Gasteiger partial charge on any atom is 0.228 e. The summed E-state index contributed by atoms with van der Waals surface area (Å²) in [6, 6.07) is 0. The molecule has 0 aromatic carbocycles. The number of rotatable bonds is 8. The van der Waals surface area contributed by atoms with E-state index in [1.165, 1.54) is 32.1 Å². The van der Waals surface area contributed by atoms with Crippen molar-refractivity contribution in [1.82, 2.24) is 20.8 Å². The lowest BCUT2D eigenvalue weighted by atomic mass is 9.78. The van der Waals surface area contributed by atoms with Crippen molar-refractivity contribution in [3.05, 3.63) is 11.7 Å². The van der Waals surface area contributed by atoms with Crippen LogP contribution in [0.2, 0.25) is 0 Å². The van der Waals surface area contributed by atoms with Crippen LogP contribution in [0.1, 0.15) is 77.4 Å². The van der Waals surface area contributed by atoms with Gasteiger partial charge in [-0.05, 0) is 30.6 Å². The lowest BCUT2D eigenvalue weighted by molar-refractivity contribution is 0.235. The molecular weight excluding hydrogens is 441 g/mol. The van der Waals surface area contributed by atoms with Crippen LogP contribution in [0.15, 0.2) is 9.52 Å². The fourth-order valence-corrected chi connectivity index (χ4v) is 3.83. The third-order valence-electron chi connectivity index (χ3n) is 4.99. The molecule has 0 radical (unpaired) electrons. The molecule has 0 spiro atoms. The molecule has 6 nitrogen and oxygen atoms in total. The molecule has 0 amide bonds. The summed E-state index contributed by atoms with van der Waals surface area (Å²) in [6.45, 7) is 10.5. The van der Waals surface area contributed by atoms with Crippen LogP contribution in [-0.2, 0) is 6.42 Å². The minimum absolute atomic E-state index is 0. The maximum atomic E-state index is 5.28. The van der Waals surface area contributed by atoms with Crippen LogP contribution < -0.4 is 10.6 Å². The van der Waals surface area contributed by atoms with Gasteiger partial charge in [-0.25, -0.2) is 0 Å². The number of aromatic nitrogens is 2. The van der Waals surface area contributed by atoms with Gasteiger partial charge in [-0.15, -0.1) is 24.0 Å². The molecule has 1 aromatic heterocycles. The van der Waals surface area contributed by atoms with Crippen LogP contribution in [0.5, 0.6) is 0 Å². The molecule has 0 aliphatic heterocycles. The number of halogens is 1. The molecule has 0 saturated heterocycles. The Labute approximate surface area is 175 Å². The normalized spacial score (nSPS) is 16.8. The van der Waals surface area contributed by atoms with Gasteiger partial charge in [0.05, 0.1) is 0 Å². The minimum atomic E-state index is 0. The van der Waals surface area contributed by atoms with Gasteiger partial charge in [0.15, 0.2) is 11.8 Å². The molecule has 0 unspecified atom stereocenters. The Morgan fingerprint density at radius 1 is 1.19 bits per heavy atom. The van der Waals surface area contributed by atoms with E-state index in [1.54, 1.807) is 0 Å². The van der Waals surface area contributed by atoms with E-state index in [4.69, 9.17) is 4.52 Å². The molecule has 150 valence electrons. The van der Waals surface area contributed by atoms with Crippen molar-refractivity contribution in [2.75, 3.05) is 20.1 Å². The summed E-state index contributed by atoms with van der Waals surface area (Å²) in [5, 5.41) is 10.9. The third-order valence-corrected chi connectivity index (χ3v) is 4.99. The molecule has 1 aliphatic carbocycles. The Morgan fingerprint density at radius 2 is 1.88 bits per heavy atom. The van der Waals surface area contributed by atoms with Crippen molar-refractivity contribution < 1.29 is 4.52 Å². The third kappa shape index (κ3) is 7.04. The number of guanidine groups is 1. The molecule has 1 aliphatic rings. The van der Waals surface area contributed by atoms with Crippen molar-refractivity contribution in [3.63, 3.8) is 0 Å². The molecule has 1 heterocycles. The van der Waals surface area contributed by atoms with Gasteiger partial charge in [0.1, 0.15) is 0 Å². The number of aliphatic imine (C=N–C) groups is 1. The smallest absolute Gasteiger partial charge is 0.228 e.